The normalized spacial score (nSPS) is 32.7. The van der Waals surface area contributed by atoms with E-state index in [1.54, 1.807) is 5.57 Å². The van der Waals surface area contributed by atoms with E-state index in [0.717, 1.165) is 11.8 Å². The summed E-state index contributed by atoms with van der Waals surface area (Å²) in [4.78, 5) is 0. The van der Waals surface area contributed by atoms with Crippen molar-refractivity contribution in [1.29, 1.82) is 0 Å². The average Bonchev–Trinajstić information content (AvgIpc) is 2.47. The Balaban J connectivity index is 1.75. The number of ether oxygens (including phenoxy) is 2. The second-order valence-corrected chi connectivity index (χ2v) is 10.4. The van der Waals surface area contributed by atoms with Crippen molar-refractivity contribution in [3.63, 3.8) is 0 Å². The van der Waals surface area contributed by atoms with Gasteiger partial charge < -0.3 is 9.47 Å². The van der Waals surface area contributed by atoms with Gasteiger partial charge in [-0.05, 0) is 112 Å². The molecule has 0 amide bonds. The van der Waals surface area contributed by atoms with Gasteiger partial charge in [0.1, 0.15) is 0 Å². The molecule has 0 spiro atoms. The summed E-state index contributed by atoms with van der Waals surface area (Å²) in [6, 6.07) is 0. The third kappa shape index (κ3) is 7.83. The van der Waals surface area contributed by atoms with E-state index in [2.05, 4.69) is 54.5 Å². The summed E-state index contributed by atoms with van der Waals surface area (Å²) in [7, 11) is 0. The summed E-state index contributed by atoms with van der Waals surface area (Å²) in [6.07, 6.45) is 13.6. The van der Waals surface area contributed by atoms with Gasteiger partial charge in [-0.25, -0.2) is 0 Å². The third-order valence-corrected chi connectivity index (χ3v) is 5.58. The van der Waals surface area contributed by atoms with Crippen molar-refractivity contribution in [1.82, 2.24) is 0 Å². The second-order valence-electron chi connectivity index (χ2n) is 10.4. The van der Waals surface area contributed by atoms with Gasteiger partial charge in [-0.2, -0.15) is 0 Å². The van der Waals surface area contributed by atoms with E-state index in [4.69, 9.17) is 9.47 Å². The van der Waals surface area contributed by atoms with Crippen LogP contribution in [0.3, 0.4) is 0 Å². The minimum absolute atomic E-state index is 0.00295. The molecule has 0 saturated heterocycles. The van der Waals surface area contributed by atoms with Crippen LogP contribution < -0.4 is 0 Å². The maximum absolute atomic E-state index is 6.17. The summed E-state index contributed by atoms with van der Waals surface area (Å²) in [5, 5.41) is 0. The van der Waals surface area contributed by atoms with Crippen LogP contribution in [0.5, 0.6) is 0 Å². The fourth-order valence-corrected chi connectivity index (χ4v) is 4.52. The number of rotatable bonds is 4. The molecular formula is C23H42O2. The van der Waals surface area contributed by atoms with Crippen LogP contribution >= 0.6 is 0 Å². The van der Waals surface area contributed by atoms with Gasteiger partial charge >= 0.3 is 0 Å². The third-order valence-electron chi connectivity index (χ3n) is 5.58. The number of allylic oxidation sites excluding steroid dienone is 2. The molecule has 2 heteroatoms. The molecule has 146 valence electrons. The number of hydrogen-bond donors (Lipinski definition) is 0. The molecular weight excluding hydrogens is 308 g/mol. The fourth-order valence-electron chi connectivity index (χ4n) is 4.52. The van der Waals surface area contributed by atoms with Crippen LogP contribution in [0, 0.1) is 11.8 Å². The Morgan fingerprint density at radius 2 is 1.08 bits per heavy atom. The van der Waals surface area contributed by atoms with E-state index < -0.39 is 0 Å². The highest BCUT2D eigenvalue weighted by atomic mass is 16.5. The van der Waals surface area contributed by atoms with Crippen LogP contribution in [0.1, 0.15) is 99.8 Å². The van der Waals surface area contributed by atoms with Crippen LogP contribution in [-0.4, -0.2) is 23.4 Å². The molecule has 2 nitrogen and oxygen atoms in total. The predicted molar refractivity (Wildman–Crippen MR) is 107 cm³/mol. The zero-order valence-corrected chi connectivity index (χ0v) is 17.9. The lowest BCUT2D eigenvalue weighted by molar-refractivity contribution is -0.0776. The maximum Gasteiger partial charge on any atom is 0.0602 e. The lowest BCUT2D eigenvalue weighted by atomic mass is 9.79. The van der Waals surface area contributed by atoms with Gasteiger partial charge in [0.25, 0.3) is 0 Å². The van der Waals surface area contributed by atoms with Crippen molar-refractivity contribution in [2.75, 3.05) is 0 Å². The Bertz CT molecular complexity index is 422. The molecule has 0 aromatic carbocycles. The molecule has 2 aliphatic rings. The molecule has 25 heavy (non-hydrogen) atoms. The Morgan fingerprint density at radius 1 is 0.680 bits per heavy atom. The Hall–Kier alpha value is -0.340. The van der Waals surface area contributed by atoms with Crippen molar-refractivity contribution in [3.05, 3.63) is 11.6 Å². The van der Waals surface area contributed by atoms with Gasteiger partial charge in [-0.1, -0.05) is 11.6 Å². The molecule has 0 atom stereocenters. The predicted octanol–water partition coefficient (Wildman–Crippen LogP) is 6.68. The highest BCUT2D eigenvalue weighted by Gasteiger charge is 2.28. The van der Waals surface area contributed by atoms with Gasteiger partial charge in [-0.3, -0.25) is 0 Å². The average molecular weight is 351 g/mol. The summed E-state index contributed by atoms with van der Waals surface area (Å²) in [6.45, 7) is 15.4. The monoisotopic (exact) mass is 350 g/mol. The fraction of sp³-hybridized carbons (Fsp3) is 0.913. The highest BCUT2D eigenvalue weighted by Crippen LogP contribution is 2.36. The maximum atomic E-state index is 6.17. The van der Waals surface area contributed by atoms with Gasteiger partial charge in [0.2, 0.25) is 0 Å². The van der Waals surface area contributed by atoms with E-state index >= 15 is 0 Å². The van der Waals surface area contributed by atoms with Crippen LogP contribution in [0.15, 0.2) is 11.6 Å². The smallest absolute Gasteiger partial charge is 0.0602 e. The van der Waals surface area contributed by atoms with Crippen LogP contribution in [-0.2, 0) is 9.47 Å². The molecule has 2 fully saturated rings. The standard InChI is InChI=1S/C23H42O2/c1-17(19-10-14-21(15-11-19)25-23(5,6)7)16-18-8-12-20(13-9-18)24-22(2,3)4/h16,18-21H,8-15H2,1-7H3/b17-16+. The van der Waals surface area contributed by atoms with Crippen molar-refractivity contribution in [2.45, 2.75) is 123 Å². The summed E-state index contributed by atoms with van der Waals surface area (Å²) in [5.74, 6) is 1.55. The Kier molecular flexibility index (Phi) is 7.18. The molecule has 2 rings (SSSR count). The van der Waals surface area contributed by atoms with E-state index in [1.165, 1.54) is 51.4 Å². The quantitative estimate of drug-likeness (QED) is 0.526. The second kappa shape index (κ2) is 8.57. The summed E-state index contributed by atoms with van der Waals surface area (Å²) in [5.41, 5.74) is 1.63. The lowest BCUT2D eigenvalue weighted by Gasteiger charge is -2.35. The van der Waals surface area contributed by atoms with E-state index in [0.29, 0.717) is 12.2 Å². The SMILES string of the molecule is C/C(=C\C1CCC(OC(C)(C)C)CC1)C1CCC(OC(C)(C)C)CC1. The molecule has 0 N–H and O–H groups in total. The minimum atomic E-state index is -0.00382. The lowest BCUT2D eigenvalue weighted by Crippen LogP contribution is -2.31. The molecule has 0 bridgehead atoms. The number of hydrogen-bond acceptors (Lipinski definition) is 2. The van der Waals surface area contributed by atoms with Gasteiger partial charge in [0.05, 0.1) is 23.4 Å². The van der Waals surface area contributed by atoms with Crippen LogP contribution in [0.25, 0.3) is 0 Å². The van der Waals surface area contributed by atoms with E-state index in [9.17, 15) is 0 Å². The molecule has 0 heterocycles. The molecule has 0 radical (unpaired) electrons. The van der Waals surface area contributed by atoms with Gasteiger partial charge in [0.15, 0.2) is 0 Å². The molecule has 0 aromatic rings. The molecule has 2 saturated carbocycles. The molecule has 2 aliphatic carbocycles. The van der Waals surface area contributed by atoms with Crippen LogP contribution in [0.4, 0.5) is 0 Å². The van der Waals surface area contributed by atoms with Crippen molar-refractivity contribution in [3.8, 4) is 0 Å². The summed E-state index contributed by atoms with van der Waals surface area (Å²) >= 11 is 0. The summed E-state index contributed by atoms with van der Waals surface area (Å²) < 4.78 is 12.3. The first kappa shape index (κ1) is 21.0. The van der Waals surface area contributed by atoms with E-state index in [1.807, 2.05) is 0 Å². The molecule has 0 aliphatic heterocycles. The van der Waals surface area contributed by atoms with Crippen molar-refractivity contribution in [2.24, 2.45) is 11.8 Å². The van der Waals surface area contributed by atoms with Gasteiger partial charge in [-0.15, -0.1) is 0 Å². The zero-order valence-electron chi connectivity index (χ0n) is 17.9. The van der Waals surface area contributed by atoms with Gasteiger partial charge in [0, 0.05) is 0 Å². The molecule has 0 aromatic heterocycles. The first-order valence-electron chi connectivity index (χ1n) is 10.6. The largest absolute Gasteiger partial charge is 0.373 e. The topological polar surface area (TPSA) is 18.5 Å². The zero-order chi connectivity index (χ0) is 18.7. The van der Waals surface area contributed by atoms with Crippen molar-refractivity contribution >= 4 is 0 Å². The Morgan fingerprint density at radius 3 is 1.48 bits per heavy atom. The van der Waals surface area contributed by atoms with Crippen molar-refractivity contribution < 1.29 is 9.47 Å². The first-order chi connectivity index (χ1) is 11.5. The molecule has 0 unspecified atom stereocenters. The Labute approximate surface area is 156 Å². The first-order valence-corrected chi connectivity index (χ1v) is 10.6. The minimum Gasteiger partial charge on any atom is -0.373 e. The van der Waals surface area contributed by atoms with E-state index in [-0.39, 0.29) is 11.2 Å². The van der Waals surface area contributed by atoms with Crippen LogP contribution in [0.2, 0.25) is 0 Å². The highest BCUT2D eigenvalue weighted by molar-refractivity contribution is 5.08.